The minimum absolute atomic E-state index is 0.193. The van der Waals surface area contributed by atoms with Gasteiger partial charge < -0.3 is 21.0 Å². The van der Waals surface area contributed by atoms with Gasteiger partial charge in [0, 0.05) is 11.8 Å². The van der Waals surface area contributed by atoms with Gasteiger partial charge in [0.25, 0.3) is 5.91 Å². The number of aromatic hydroxyl groups is 1. The summed E-state index contributed by atoms with van der Waals surface area (Å²) in [5.74, 6) is -0.383. The molecule has 0 spiro atoms. The highest BCUT2D eigenvalue weighted by atomic mass is 16.3. The number of benzene rings is 1. The number of aromatic nitrogens is 1. The van der Waals surface area contributed by atoms with E-state index < -0.39 is 5.91 Å². The average molecular weight is 323 g/mol. The van der Waals surface area contributed by atoms with Crippen LogP contribution >= 0.6 is 0 Å². The van der Waals surface area contributed by atoms with Gasteiger partial charge in [-0.15, -0.1) is 0 Å². The van der Waals surface area contributed by atoms with Gasteiger partial charge in [-0.2, -0.15) is 0 Å². The van der Waals surface area contributed by atoms with Crippen molar-refractivity contribution in [3.05, 3.63) is 52.3 Å². The zero-order valence-corrected chi connectivity index (χ0v) is 14.3. The minimum atomic E-state index is -0.576. The second kappa shape index (κ2) is 5.30. The van der Waals surface area contributed by atoms with Crippen molar-refractivity contribution in [1.29, 1.82) is 0 Å². The number of carbonyl (C=O) groups is 1. The molecule has 0 fully saturated rings. The number of nitrogen functional groups attached to an aromatic ring is 1. The first kappa shape index (κ1) is 15.9. The van der Waals surface area contributed by atoms with Crippen LogP contribution in [0.3, 0.4) is 0 Å². The molecule has 1 aromatic carbocycles. The summed E-state index contributed by atoms with van der Waals surface area (Å²) < 4.78 is 1.75. The lowest BCUT2D eigenvalue weighted by Gasteiger charge is -2.12. The lowest BCUT2D eigenvalue weighted by Crippen LogP contribution is -2.15. The fraction of sp³-hybridized carbons (Fsp3) is 0.211. The van der Waals surface area contributed by atoms with Gasteiger partial charge in [-0.25, -0.2) is 0 Å². The molecule has 0 radical (unpaired) electrons. The number of pyridine rings is 1. The molecule has 0 saturated carbocycles. The summed E-state index contributed by atoms with van der Waals surface area (Å²) in [5, 5.41) is 10.1. The third-order valence-electron chi connectivity index (χ3n) is 4.71. The highest BCUT2D eigenvalue weighted by molar-refractivity contribution is 6.07. The molecule has 5 heteroatoms. The van der Waals surface area contributed by atoms with Crippen LogP contribution in [-0.4, -0.2) is 15.4 Å². The van der Waals surface area contributed by atoms with E-state index in [0.717, 1.165) is 38.9 Å². The second-order valence-electron chi connectivity index (χ2n) is 6.30. The van der Waals surface area contributed by atoms with Crippen molar-refractivity contribution in [3.8, 4) is 16.9 Å². The van der Waals surface area contributed by atoms with Gasteiger partial charge in [0.05, 0.1) is 11.2 Å². The van der Waals surface area contributed by atoms with Gasteiger partial charge in [0.1, 0.15) is 11.4 Å². The molecule has 24 heavy (non-hydrogen) atoms. The van der Waals surface area contributed by atoms with Crippen LogP contribution < -0.4 is 11.5 Å². The first-order chi connectivity index (χ1) is 11.2. The Hall–Kier alpha value is -2.95. The Morgan fingerprint density at radius 3 is 2.33 bits per heavy atom. The van der Waals surface area contributed by atoms with E-state index in [1.165, 1.54) is 0 Å². The van der Waals surface area contributed by atoms with Crippen molar-refractivity contribution in [2.75, 3.05) is 5.73 Å². The largest absolute Gasteiger partial charge is 0.508 e. The Morgan fingerprint density at radius 2 is 1.71 bits per heavy atom. The number of hydrogen-bond donors (Lipinski definition) is 3. The smallest absolute Gasteiger partial charge is 0.267 e. The number of fused-ring (bicyclic) bond motifs is 1. The third kappa shape index (κ3) is 2.12. The van der Waals surface area contributed by atoms with Gasteiger partial charge in [-0.3, -0.25) is 4.79 Å². The van der Waals surface area contributed by atoms with E-state index in [-0.39, 0.29) is 11.4 Å². The molecular weight excluding hydrogens is 302 g/mol. The number of nitrogens with two attached hydrogens (primary N) is 2. The number of hydrogen-bond acceptors (Lipinski definition) is 3. The van der Waals surface area contributed by atoms with Crippen molar-refractivity contribution >= 4 is 17.1 Å². The van der Waals surface area contributed by atoms with Crippen LogP contribution in [0.2, 0.25) is 0 Å². The number of phenolic OH excluding ortho intramolecular Hbond substituents is 1. The van der Waals surface area contributed by atoms with Gasteiger partial charge in [-0.05, 0) is 67.6 Å². The summed E-state index contributed by atoms with van der Waals surface area (Å²) in [6.07, 6.45) is 1.87. The number of carbonyl (C=O) groups excluding carboxylic acids is 1. The van der Waals surface area contributed by atoms with Crippen LogP contribution in [0.5, 0.6) is 5.75 Å². The number of primary amides is 1. The fourth-order valence-electron chi connectivity index (χ4n) is 3.25. The Labute approximate surface area is 140 Å². The van der Waals surface area contributed by atoms with Crippen molar-refractivity contribution in [1.82, 2.24) is 4.40 Å². The fourth-order valence-corrected chi connectivity index (χ4v) is 3.25. The topological polar surface area (TPSA) is 93.8 Å². The second-order valence-corrected chi connectivity index (χ2v) is 6.30. The predicted octanol–water partition coefficient (Wildman–Crippen LogP) is 3.23. The average Bonchev–Trinajstić information content (AvgIpc) is 2.77. The molecule has 5 nitrogen and oxygen atoms in total. The zero-order valence-electron chi connectivity index (χ0n) is 14.3. The number of amides is 1. The molecule has 0 aliphatic heterocycles. The Morgan fingerprint density at radius 1 is 1.04 bits per heavy atom. The minimum Gasteiger partial charge on any atom is -0.508 e. The Bertz CT molecular complexity index is 1000. The number of phenols is 1. The number of anilines is 1. The van der Waals surface area contributed by atoms with E-state index in [0.29, 0.717) is 5.69 Å². The highest BCUT2D eigenvalue weighted by Gasteiger charge is 2.24. The molecule has 2 heterocycles. The monoisotopic (exact) mass is 323 g/mol. The number of aryl methyl sites for hydroxylation is 3. The summed E-state index contributed by atoms with van der Waals surface area (Å²) in [7, 11) is 0. The first-order valence-electron chi connectivity index (χ1n) is 7.74. The maximum atomic E-state index is 12.0. The molecule has 3 rings (SSSR count). The zero-order chi connectivity index (χ0) is 17.8. The molecule has 2 aromatic heterocycles. The summed E-state index contributed by atoms with van der Waals surface area (Å²) in [5.41, 5.74) is 18.7. The number of nitrogens with zero attached hydrogens (tertiary/aromatic N) is 1. The normalized spacial score (nSPS) is 11.2. The van der Waals surface area contributed by atoms with Crippen molar-refractivity contribution < 1.29 is 9.90 Å². The van der Waals surface area contributed by atoms with Crippen molar-refractivity contribution in [2.24, 2.45) is 5.73 Å². The van der Waals surface area contributed by atoms with Gasteiger partial charge in [0.15, 0.2) is 0 Å². The standard InChI is InChI=1S/C19H21N3O2/c1-9-5-6-14(23)12(4)15(9)16-13-7-10(2)11(3)8-22(13)18(17(16)20)19(21)24/h5-8,23H,20H2,1-4H3,(H2,21,24). The van der Waals surface area contributed by atoms with E-state index in [1.54, 1.807) is 10.5 Å². The molecule has 0 aliphatic carbocycles. The van der Waals surface area contributed by atoms with Crippen LogP contribution in [-0.2, 0) is 0 Å². The molecule has 5 N–H and O–H groups in total. The summed E-state index contributed by atoms with van der Waals surface area (Å²) in [4.78, 5) is 12.0. The highest BCUT2D eigenvalue weighted by Crippen LogP contribution is 2.41. The lowest BCUT2D eigenvalue weighted by molar-refractivity contribution is 0.0995. The first-order valence-corrected chi connectivity index (χ1v) is 7.74. The Balaban J connectivity index is 2.55. The molecule has 1 amide bonds. The molecule has 0 bridgehead atoms. The van der Waals surface area contributed by atoms with Crippen LogP contribution in [0.1, 0.15) is 32.7 Å². The quantitative estimate of drug-likeness (QED) is 0.676. The van der Waals surface area contributed by atoms with Crippen molar-refractivity contribution in [3.63, 3.8) is 0 Å². The molecular formula is C19H21N3O2. The van der Waals surface area contributed by atoms with E-state index in [2.05, 4.69) is 0 Å². The van der Waals surface area contributed by atoms with Gasteiger partial charge in [0.2, 0.25) is 0 Å². The molecule has 124 valence electrons. The van der Waals surface area contributed by atoms with Gasteiger partial charge >= 0.3 is 0 Å². The Kier molecular flexibility index (Phi) is 3.52. The maximum absolute atomic E-state index is 12.0. The van der Waals surface area contributed by atoms with Crippen LogP contribution in [0.25, 0.3) is 16.6 Å². The van der Waals surface area contributed by atoms with Gasteiger partial charge in [-0.1, -0.05) is 6.07 Å². The third-order valence-corrected chi connectivity index (χ3v) is 4.71. The van der Waals surface area contributed by atoms with Crippen molar-refractivity contribution in [2.45, 2.75) is 27.7 Å². The summed E-state index contributed by atoms with van der Waals surface area (Å²) in [6, 6.07) is 5.50. The molecule has 3 aromatic rings. The van der Waals surface area contributed by atoms with E-state index in [9.17, 15) is 9.90 Å². The van der Waals surface area contributed by atoms with E-state index in [4.69, 9.17) is 11.5 Å². The molecule has 0 aliphatic rings. The number of rotatable bonds is 2. The van der Waals surface area contributed by atoms with E-state index >= 15 is 0 Å². The molecule has 0 unspecified atom stereocenters. The molecule has 0 atom stereocenters. The van der Waals surface area contributed by atoms with E-state index in [1.807, 2.05) is 46.0 Å². The predicted molar refractivity (Wildman–Crippen MR) is 96.4 cm³/mol. The summed E-state index contributed by atoms with van der Waals surface area (Å²) in [6.45, 7) is 7.77. The maximum Gasteiger partial charge on any atom is 0.267 e. The molecule has 0 saturated heterocycles. The summed E-state index contributed by atoms with van der Waals surface area (Å²) >= 11 is 0. The lowest BCUT2D eigenvalue weighted by atomic mass is 9.94. The van der Waals surface area contributed by atoms with Crippen LogP contribution in [0.4, 0.5) is 5.69 Å². The van der Waals surface area contributed by atoms with Crippen LogP contribution in [0, 0.1) is 27.7 Å². The SMILES string of the molecule is Cc1cc2c(-c3c(C)ccc(O)c3C)c(N)c(C(N)=O)n2cc1C. The van der Waals surface area contributed by atoms with Crippen LogP contribution in [0.15, 0.2) is 24.4 Å².